The third kappa shape index (κ3) is 3.96. The Balaban J connectivity index is 2.73. The molecule has 4 N–H and O–H groups in total. The van der Waals surface area contributed by atoms with Gasteiger partial charge in [-0.25, -0.2) is 4.79 Å². The Morgan fingerprint density at radius 3 is 2.88 bits per heavy atom. The molecular formula is C12H15N3O. The number of primary amides is 1. The summed E-state index contributed by atoms with van der Waals surface area (Å²) in [5.74, 6) is 0. The van der Waals surface area contributed by atoms with Gasteiger partial charge in [-0.1, -0.05) is 29.8 Å². The second kappa shape index (κ2) is 5.70. The highest BCUT2D eigenvalue weighted by Gasteiger charge is 1.98. The number of nitrogens with one attached hydrogen (secondary N) is 2. The molecule has 0 radical (unpaired) electrons. The van der Waals surface area contributed by atoms with Crippen LogP contribution in [0.3, 0.4) is 0 Å². The topological polar surface area (TPSA) is 79.0 Å². The van der Waals surface area contributed by atoms with Crippen molar-refractivity contribution in [2.75, 3.05) is 0 Å². The van der Waals surface area contributed by atoms with E-state index in [0.717, 1.165) is 5.56 Å². The third-order valence-electron chi connectivity index (χ3n) is 2.08. The molecule has 1 aromatic rings. The summed E-state index contributed by atoms with van der Waals surface area (Å²) in [7, 11) is 0. The van der Waals surface area contributed by atoms with E-state index >= 15 is 0 Å². The number of hydrogen-bond acceptors (Lipinski definition) is 2. The van der Waals surface area contributed by atoms with Crippen LogP contribution in [0.5, 0.6) is 0 Å². The largest absolute Gasteiger partial charge is 0.351 e. The maximum atomic E-state index is 10.5. The molecule has 0 unspecified atom stereocenters. The highest BCUT2D eigenvalue weighted by Crippen LogP contribution is 2.08. The van der Waals surface area contributed by atoms with Gasteiger partial charge < -0.3 is 16.5 Å². The van der Waals surface area contributed by atoms with Crippen LogP contribution in [0.25, 0.3) is 0 Å². The average Bonchev–Trinajstić information content (AvgIpc) is 2.24. The van der Waals surface area contributed by atoms with Crippen molar-refractivity contribution < 1.29 is 4.79 Å². The Morgan fingerprint density at radius 2 is 2.31 bits per heavy atom. The number of carbonyl (C=O) groups is 1. The first-order valence-electron chi connectivity index (χ1n) is 4.93. The molecule has 1 aromatic carbocycles. The molecule has 2 amide bonds. The molecule has 0 saturated carbocycles. The smallest absolute Gasteiger partial charge is 0.316 e. The van der Waals surface area contributed by atoms with Gasteiger partial charge in [0.2, 0.25) is 0 Å². The second-order valence-corrected chi connectivity index (χ2v) is 3.54. The van der Waals surface area contributed by atoms with Crippen LogP contribution in [-0.4, -0.2) is 12.2 Å². The quantitative estimate of drug-likeness (QED) is 0.660. The number of urea groups is 1. The Hall–Kier alpha value is -2.10. The zero-order valence-electron chi connectivity index (χ0n) is 9.16. The van der Waals surface area contributed by atoms with Crippen molar-refractivity contribution in [1.82, 2.24) is 5.32 Å². The lowest BCUT2D eigenvalue weighted by molar-refractivity contribution is 0.252. The summed E-state index contributed by atoms with van der Waals surface area (Å²) in [4.78, 5) is 10.5. The molecule has 16 heavy (non-hydrogen) atoms. The highest BCUT2D eigenvalue weighted by molar-refractivity contribution is 5.79. The summed E-state index contributed by atoms with van der Waals surface area (Å²) in [6.07, 6.45) is 3.27. The van der Waals surface area contributed by atoms with Crippen LogP contribution in [0.1, 0.15) is 11.1 Å². The van der Waals surface area contributed by atoms with Crippen molar-refractivity contribution in [3.8, 4) is 0 Å². The minimum absolute atomic E-state index is 0.603. The van der Waals surface area contributed by atoms with Gasteiger partial charge in [-0.05, 0) is 18.1 Å². The number of benzene rings is 1. The van der Waals surface area contributed by atoms with Gasteiger partial charge in [-0.2, -0.15) is 0 Å². The SMILES string of the molecule is Cc1cccc(C/C(C=N)=C/NC(N)=O)c1. The third-order valence-corrected chi connectivity index (χ3v) is 2.08. The molecule has 0 atom stereocenters. The van der Waals surface area contributed by atoms with Gasteiger partial charge in [-0.3, -0.25) is 0 Å². The molecule has 0 bridgehead atoms. The van der Waals surface area contributed by atoms with Crippen LogP contribution in [0, 0.1) is 12.3 Å². The fraction of sp³-hybridized carbons (Fsp3) is 0.167. The van der Waals surface area contributed by atoms with E-state index in [-0.39, 0.29) is 0 Å². The summed E-state index contributed by atoms with van der Waals surface area (Å²) in [5, 5.41) is 9.58. The number of amides is 2. The van der Waals surface area contributed by atoms with E-state index in [1.165, 1.54) is 18.0 Å². The minimum Gasteiger partial charge on any atom is -0.351 e. The summed E-state index contributed by atoms with van der Waals surface area (Å²) >= 11 is 0. The van der Waals surface area contributed by atoms with E-state index in [1.54, 1.807) is 0 Å². The van der Waals surface area contributed by atoms with Crippen molar-refractivity contribution in [1.29, 1.82) is 5.41 Å². The maximum Gasteiger partial charge on any atom is 0.316 e. The fourth-order valence-corrected chi connectivity index (χ4v) is 1.37. The first-order chi connectivity index (χ1) is 7.61. The van der Waals surface area contributed by atoms with Gasteiger partial charge in [0.1, 0.15) is 0 Å². The molecule has 84 valence electrons. The Kier molecular flexibility index (Phi) is 4.27. The lowest BCUT2D eigenvalue weighted by atomic mass is 10.0. The molecule has 0 saturated heterocycles. The summed E-state index contributed by atoms with van der Waals surface area (Å²) in [6.45, 7) is 2.01. The fourth-order valence-electron chi connectivity index (χ4n) is 1.37. The molecular weight excluding hydrogens is 202 g/mol. The number of rotatable bonds is 4. The van der Waals surface area contributed by atoms with Crippen LogP contribution in [0.4, 0.5) is 4.79 Å². The van der Waals surface area contributed by atoms with Crippen molar-refractivity contribution in [2.45, 2.75) is 13.3 Å². The molecule has 0 aromatic heterocycles. The predicted octanol–water partition coefficient (Wildman–Crippen LogP) is 1.74. The number of aryl methyl sites for hydroxylation is 1. The summed E-state index contributed by atoms with van der Waals surface area (Å²) in [6, 6.07) is 7.38. The lowest BCUT2D eigenvalue weighted by Crippen LogP contribution is -2.24. The van der Waals surface area contributed by atoms with Crippen molar-refractivity contribution in [2.24, 2.45) is 5.73 Å². The van der Waals surface area contributed by atoms with Gasteiger partial charge >= 0.3 is 6.03 Å². The standard InChI is InChI=1S/C12H15N3O/c1-9-3-2-4-10(5-9)6-11(7-13)8-15-12(14)16/h2-5,7-8,13H,6H2,1H3,(H3,14,15,16)/b11-8-,13-7?. The number of nitrogens with two attached hydrogens (primary N) is 1. The van der Waals surface area contributed by atoms with E-state index in [1.807, 2.05) is 31.2 Å². The van der Waals surface area contributed by atoms with Gasteiger partial charge in [0, 0.05) is 18.8 Å². The van der Waals surface area contributed by atoms with Crippen molar-refractivity contribution in [3.63, 3.8) is 0 Å². The zero-order chi connectivity index (χ0) is 12.0. The molecule has 0 spiro atoms. The van der Waals surface area contributed by atoms with Crippen LogP contribution >= 0.6 is 0 Å². The Morgan fingerprint density at radius 1 is 1.56 bits per heavy atom. The van der Waals surface area contributed by atoms with Crippen molar-refractivity contribution >= 4 is 12.2 Å². The number of hydrogen-bond donors (Lipinski definition) is 3. The van der Waals surface area contributed by atoms with Gasteiger partial charge in [0.25, 0.3) is 0 Å². The van der Waals surface area contributed by atoms with Crippen LogP contribution < -0.4 is 11.1 Å². The highest BCUT2D eigenvalue weighted by atomic mass is 16.2. The van der Waals surface area contributed by atoms with Crippen molar-refractivity contribution in [3.05, 3.63) is 47.2 Å². The Labute approximate surface area is 94.7 Å². The average molecular weight is 217 g/mol. The van der Waals surface area contributed by atoms with E-state index in [9.17, 15) is 4.79 Å². The molecule has 0 aliphatic rings. The number of carbonyl (C=O) groups excluding carboxylic acids is 1. The molecule has 4 nitrogen and oxygen atoms in total. The van der Waals surface area contributed by atoms with E-state index in [0.29, 0.717) is 12.0 Å². The summed E-state index contributed by atoms with van der Waals surface area (Å²) < 4.78 is 0. The van der Waals surface area contributed by atoms with Crippen LogP contribution in [0.15, 0.2) is 36.0 Å². The molecule has 0 aliphatic heterocycles. The predicted molar refractivity (Wildman–Crippen MR) is 64.5 cm³/mol. The van der Waals surface area contributed by atoms with Gasteiger partial charge in [0.15, 0.2) is 0 Å². The molecule has 4 heteroatoms. The summed E-state index contributed by atoms with van der Waals surface area (Å²) in [5.41, 5.74) is 7.91. The zero-order valence-corrected chi connectivity index (χ0v) is 9.16. The first-order valence-corrected chi connectivity index (χ1v) is 4.93. The number of allylic oxidation sites excluding steroid dienone is 1. The second-order valence-electron chi connectivity index (χ2n) is 3.54. The van der Waals surface area contributed by atoms with Gasteiger partial charge in [-0.15, -0.1) is 0 Å². The Bertz CT molecular complexity index is 424. The minimum atomic E-state index is -0.622. The maximum absolute atomic E-state index is 10.5. The lowest BCUT2D eigenvalue weighted by Gasteiger charge is -2.03. The first kappa shape index (κ1) is 12.0. The normalized spacial score (nSPS) is 10.9. The molecule has 0 heterocycles. The van der Waals surface area contributed by atoms with Gasteiger partial charge in [0.05, 0.1) is 0 Å². The molecule has 1 rings (SSSR count). The van der Waals surface area contributed by atoms with E-state index in [4.69, 9.17) is 11.1 Å². The molecule has 0 fully saturated rings. The van der Waals surface area contributed by atoms with E-state index < -0.39 is 6.03 Å². The van der Waals surface area contributed by atoms with Crippen LogP contribution in [0.2, 0.25) is 0 Å². The molecule has 0 aliphatic carbocycles. The van der Waals surface area contributed by atoms with E-state index in [2.05, 4.69) is 5.32 Å². The van der Waals surface area contributed by atoms with Crippen LogP contribution in [-0.2, 0) is 6.42 Å². The monoisotopic (exact) mass is 217 g/mol.